The summed E-state index contributed by atoms with van der Waals surface area (Å²) in [6.45, 7) is 0. The topological polar surface area (TPSA) is 68.5 Å². The molecule has 0 aromatic carbocycles. The van der Waals surface area contributed by atoms with Gasteiger partial charge in [-0.05, 0) is 12.8 Å². The number of nitrogens with one attached hydrogen (secondary N) is 1. The number of rotatable bonds is 2. The van der Waals surface area contributed by atoms with Crippen LogP contribution in [0.15, 0.2) is 6.33 Å². The Kier molecular flexibility index (Phi) is 2.19. The van der Waals surface area contributed by atoms with Crippen LogP contribution < -0.4 is 5.32 Å². The summed E-state index contributed by atoms with van der Waals surface area (Å²) in [5.74, 6) is 0.810. The molecule has 0 atom stereocenters. The summed E-state index contributed by atoms with van der Waals surface area (Å²) in [7, 11) is 1.79. The molecule has 6 heteroatoms. The Morgan fingerprint density at radius 2 is 2.06 bits per heavy atom. The first kappa shape index (κ1) is 9.50. The molecule has 1 saturated carbocycles. The van der Waals surface area contributed by atoms with Gasteiger partial charge in [-0.15, -0.1) is 10.2 Å². The molecule has 3 rings (SSSR count). The average molecular weight is 218 g/mol. The summed E-state index contributed by atoms with van der Waals surface area (Å²) >= 11 is 0. The van der Waals surface area contributed by atoms with Crippen molar-refractivity contribution in [1.29, 1.82) is 0 Å². The number of hydrogen-bond acceptors (Lipinski definition) is 5. The summed E-state index contributed by atoms with van der Waals surface area (Å²) in [5, 5.41) is 11.9. The number of anilines is 1. The molecule has 1 N–H and O–H groups in total. The Balaban J connectivity index is 1.95. The van der Waals surface area contributed by atoms with E-state index in [1.807, 2.05) is 0 Å². The van der Waals surface area contributed by atoms with Gasteiger partial charge in [0.2, 0.25) is 5.65 Å². The van der Waals surface area contributed by atoms with Crippen molar-refractivity contribution in [1.82, 2.24) is 25.0 Å². The van der Waals surface area contributed by atoms with Gasteiger partial charge in [0, 0.05) is 13.1 Å². The Labute approximate surface area is 93.1 Å². The average Bonchev–Trinajstić information content (AvgIpc) is 2.86. The predicted molar refractivity (Wildman–Crippen MR) is 60.0 cm³/mol. The van der Waals surface area contributed by atoms with Crippen LogP contribution in [0.3, 0.4) is 0 Å². The quantitative estimate of drug-likeness (QED) is 0.817. The first-order chi connectivity index (χ1) is 7.83. The van der Waals surface area contributed by atoms with Gasteiger partial charge in [-0.3, -0.25) is 0 Å². The van der Waals surface area contributed by atoms with Crippen LogP contribution in [-0.2, 0) is 7.05 Å². The Morgan fingerprint density at radius 3 is 2.88 bits per heavy atom. The molecule has 0 unspecified atom stereocenters. The molecular formula is C10H14N6. The maximum absolute atomic E-state index is 4.27. The van der Waals surface area contributed by atoms with E-state index in [-0.39, 0.29) is 0 Å². The van der Waals surface area contributed by atoms with Gasteiger partial charge < -0.3 is 5.32 Å². The molecule has 84 valence electrons. The highest BCUT2D eigenvalue weighted by Crippen LogP contribution is 2.23. The third-order valence-corrected chi connectivity index (χ3v) is 2.98. The van der Waals surface area contributed by atoms with E-state index >= 15 is 0 Å². The third kappa shape index (κ3) is 1.60. The van der Waals surface area contributed by atoms with E-state index in [9.17, 15) is 0 Å². The fraction of sp³-hybridized carbons (Fsp3) is 0.600. The standard InChI is InChI=1S/C10H14N6/c1-16-14-8-9(11-6-12-10(8)15-16)13-7-4-2-3-5-7/h6-7H,2-5H2,1H3,(H,11,12,13,15). The molecule has 1 aliphatic carbocycles. The minimum atomic E-state index is 0.528. The Bertz CT molecular complexity index is 499. The van der Waals surface area contributed by atoms with E-state index in [1.165, 1.54) is 36.8 Å². The lowest BCUT2D eigenvalue weighted by molar-refractivity contribution is 0.663. The first-order valence-electron chi connectivity index (χ1n) is 5.61. The van der Waals surface area contributed by atoms with Gasteiger partial charge in [0.05, 0.1) is 0 Å². The molecule has 2 aromatic heterocycles. The second-order valence-corrected chi connectivity index (χ2v) is 4.21. The molecule has 0 aliphatic heterocycles. The minimum absolute atomic E-state index is 0.528. The van der Waals surface area contributed by atoms with Crippen molar-refractivity contribution < 1.29 is 0 Å². The highest BCUT2D eigenvalue weighted by atomic mass is 15.5. The zero-order valence-electron chi connectivity index (χ0n) is 9.22. The van der Waals surface area contributed by atoms with Crippen LogP contribution in [-0.4, -0.2) is 31.0 Å². The van der Waals surface area contributed by atoms with Gasteiger partial charge in [0.25, 0.3) is 0 Å². The van der Waals surface area contributed by atoms with E-state index in [2.05, 4.69) is 25.5 Å². The van der Waals surface area contributed by atoms with Crippen molar-refractivity contribution in [3.8, 4) is 0 Å². The van der Waals surface area contributed by atoms with Gasteiger partial charge in [-0.25, -0.2) is 9.97 Å². The summed E-state index contributed by atoms with van der Waals surface area (Å²) in [5.41, 5.74) is 1.41. The maximum atomic E-state index is 4.27. The molecule has 0 radical (unpaired) electrons. The minimum Gasteiger partial charge on any atom is -0.365 e. The van der Waals surface area contributed by atoms with Crippen LogP contribution in [0.1, 0.15) is 25.7 Å². The fourth-order valence-electron chi connectivity index (χ4n) is 2.21. The summed E-state index contributed by atoms with van der Waals surface area (Å²) in [6.07, 6.45) is 6.56. The van der Waals surface area contributed by atoms with Crippen LogP contribution in [0.25, 0.3) is 11.2 Å². The number of aromatic nitrogens is 5. The smallest absolute Gasteiger partial charge is 0.207 e. The van der Waals surface area contributed by atoms with Crippen molar-refractivity contribution in [2.75, 3.05) is 5.32 Å². The van der Waals surface area contributed by atoms with Gasteiger partial charge in [0.15, 0.2) is 11.3 Å². The summed E-state index contributed by atoms with van der Waals surface area (Å²) in [4.78, 5) is 9.86. The zero-order valence-corrected chi connectivity index (χ0v) is 9.22. The molecule has 2 heterocycles. The Morgan fingerprint density at radius 1 is 1.25 bits per heavy atom. The monoisotopic (exact) mass is 218 g/mol. The van der Waals surface area contributed by atoms with Crippen molar-refractivity contribution in [2.45, 2.75) is 31.7 Å². The third-order valence-electron chi connectivity index (χ3n) is 2.98. The van der Waals surface area contributed by atoms with Crippen LogP contribution in [0, 0.1) is 0 Å². The molecule has 1 aliphatic rings. The van der Waals surface area contributed by atoms with Crippen LogP contribution in [0.2, 0.25) is 0 Å². The fourth-order valence-corrected chi connectivity index (χ4v) is 2.21. The SMILES string of the molecule is Cn1nc2ncnc(NC3CCCC3)c2n1. The van der Waals surface area contributed by atoms with Gasteiger partial charge in [-0.1, -0.05) is 12.8 Å². The maximum Gasteiger partial charge on any atom is 0.207 e. The van der Waals surface area contributed by atoms with Gasteiger partial charge >= 0.3 is 0 Å². The van der Waals surface area contributed by atoms with Crippen molar-refractivity contribution in [2.24, 2.45) is 7.05 Å². The number of fused-ring (bicyclic) bond motifs is 1. The first-order valence-corrected chi connectivity index (χ1v) is 5.61. The van der Waals surface area contributed by atoms with E-state index in [0.29, 0.717) is 11.7 Å². The summed E-state index contributed by atoms with van der Waals surface area (Å²) in [6, 6.07) is 0.528. The highest BCUT2D eigenvalue weighted by Gasteiger charge is 2.17. The van der Waals surface area contributed by atoms with Crippen LogP contribution in [0.5, 0.6) is 0 Å². The van der Waals surface area contributed by atoms with E-state index in [1.54, 1.807) is 7.05 Å². The zero-order chi connectivity index (χ0) is 11.0. The van der Waals surface area contributed by atoms with E-state index < -0.39 is 0 Å². The normalized spacial score (nSPS) is 17.1. The molecule has 1 fully saturated rings. The lowest BCUT2D eigenvalue weighted by atomic mass is 10.2. The highest BCUT2D eigenvalue weighted by molar-refractivity contribution is 5.81. The lowest BCUT2D eigenvalue weighted by Gasteiger charge is -2.11. The van der Waals surface area contributed by atoms with E-state index in [0.717, 1.165) is 11.3 Å². The number of hydrogen-bond donors (Lipinski definition) is 1. The second kappa shape index (κ2) is 3.70. The molecule has 0 bridgehead atoms. The number of nitrogens with zero attached hydrogens (tertiary/aromatic N) is 5. The van der Waals surface area contributed by atoms with Gasteiger partial charge in [0.1, 0.15) is 6.33 Å². The van der Waals surface area contributed by atoms with Crippen molar-refractivity contribution >= 4 is 17.0 Å². The number of aryl methyl sites for hydroxylation is 1. The largest absolute Gasteiger partial charge is 0.365 e. The molecule has 0 spiro atoms. The lowest BCUT2D eigenvalue weighted by Crippen LogP contribution is -2.15. The second-order valence-electron chi connectivity index (χ2n) is 4.21. The van der Waals surface area contributed by atoms with Crippen LogP contribution in [0.4, 0.5) is 5.82 Å². The van der Waals surface area contributed by atoms with Crippen molar-refractivity contribution in [3.05, 3.63) is 6.33 Å². The molecule has 16 heavy (non-hydrogen) atoms. The Hall–Kier alpha value is -1.72. The molecule has 6 nitrogen and oxygen atoms in total. The van der Waals surface area contributed by atoms with E-state index in [4.69, 9.17) is 0 Å². The van der Waals surface area contributed by atoms with Crippen molar-refractivity contribution in [3.63, 3.8) is 0 Å². The molecule has 2 aromatic rings. The van der Waals surface area contributed by atoms with Gasteiger partial charge in [-0.2, -0.15) is 4.80 Å². The predicted octanol–water partition coefficient (Wildman–Crippen LogP) is 1.11. The van der Waals surface area contributed by atoms with Crippen LogP contribution >= 0.6 is 0 Å². The molecule has 0 amide bonds. The summed E-state index contributed by atoms with van der Waals surface area (Å²) < 4.78 is 0. The molecular weight excluding hydrogens is 204 g/mol. The molecule has 0 saturated heterocycles.